The second-order valence-electron chi connectivity index (χ2n) is 12.6. The number of piperidine rings is 1. The molecule has 8 nitrogen and oxygen atoms in total. The van der Waals surface area contributed by atoms with Crippen LogP contribution in [0.25, 0.3) is 11.1 Å². The molecular weight excluding hydrogens is 580 g/mol. The number of carboxylic acid groups (broad SMARTS) is 1. The number of amides is 1. The Kier molecular flexibility index (Phi) is 12.8. The van der Waals surface area contributed by atoms with E-state index in [-0.39, 0.29) is 31.1 Å². The van der Waals surface area contributed by atoms with Gasteiger partial charge in [0.25, 0.3) is 0 Å². The molecular formula is C38H48N2O6. The second-order valence-corrected chi connectivity index (χ2v) is 12.6. The summed E-state index contributed by atoms with van der Waals surface area (Å²) in [4.78, 5) is 25.5. The lowest BCUT2D eigenvalue weighted by Crippen LogP contribution is -2.41. The molecule has 2 fully saturated rings. The maximum atomic E-state index is 12.3. The number of aliphatic hydroxyl groups is 1. The van der Waals surface area contributed by atoms with E-state index in [9.17, 15) is 14.7 Å². The van der Waals surface area contributed by atoms with E-state index in [1.165, 1.54) is 19.3 Å². The number of benzene rings is 3. The number of nitrogens with one attached hydrogen (secondary N) is 1. The van der Waals surface area contributed by atoms with Crippen molar-refractivity contribution in [3.63, 3.8) is 0 Å². The summed E-state index contributed by atoms with van der Waals surface area (Å²) in [5.74, 6) is -0.752. The van der Waals surface area contributed by atoms with Crippen LogP contribution in [-0.2, 0) is 32.2 Å². The number of aliphatic hydroxyl groups excluding tert-OH is 1. The lowest BCUT2D eigenvalue weighted by Gasteiger charge is -2.39. The maximum absolute atomic E-state index is 12.3. The van der Waals surface area contributed by atoms with Crippen molar-refractivity contribution in [2.24, 2.45) is 0 Å². The van der Waals surface area contributed by atoms with Gasteiger partial charge in [0.2, 0.25) is 5.91 Å². The van der Waals surface area contributed by atoms with Gasteiger partial charge in [-0.3, -0.25) is 9.59 Å². The van der Waals surface area contributed by atoms with Gasteiger partial charge in [0.1, 0.15) is 0 Å². The van der Waals surface area contributed by atoms with E-state index in [4.69, 9.17) is 14.6 Å². The molecule has 0 radical (unpaired) electrons. The number of nitrogens with zero attached hydrogens (tertiary/aromatic N) is 1. The van der Waals surface area contributed by atoms with Crippen LogP contribution in [0.15, 0.2) is 72.8 Å². The third-order valence-corrected chi connectivity index (χ3v) is 9.00. The smallest absolute Gasteiger partial charge is 0.303 e. The maximum Gasteiger partial charge on any atom is 0.303 e. The van der Waals surface area contributed by atoms with E-state index >= 15 is 0 Å². The van der Waals surface area contributed by atoms with Gasteiger partial charge >= 0.3 is 5.97 Å². The fourth-order valence-electron chi connectivity index (χ4n) is 6.36. The Morgan fingerprint density at radius 2 is 1.50 bits per heavy atom. The minimum atomic E-state index is -0.768. The van der Waals surface area contributed by atoms with Gasteiger partial charge in [-0.1, -0.05) is 86.0 Å². The Balaban J connectivity index is 1.19. The SMILES string of the molecule is O=C(O)CCCCCCC(=O)NCc1cccc(-c2ccc(C3OC(CN4CCCCC4)CC(c4ccc(CO)cc4)O3)cc2)c1. The van der Waals surface area contributed by atoms with Crippen molar-refractivity contribution in [2.45, 2.75) is 95.9 Å². The van der Waals surface area contributed by atoms with Gasteiger partial charge < -0.3 is 29.9 Å². The normalized spacial score (nSPS) is 20.3. The van der Waals surface area contributed by atoms with Gasteiger partial charge in [-0.05, 0) is 72.7 Å². The summed E-state index contributed by atoms with van der Waals surface area (Å²) in [6, 6.07) is 24.6. The van der Waals surface area contributed by atoms with Crippen molar-refractivity contribution >= 4 is 11.9 Å². The van der Waals surface area contributed by atoms with Gasteiger partial charge in [0.15, 0.2) is 6.29 Å². The first-order valence-electron chi connectivity index (χ1n) is 16.9. The predicted molar refractivity (Wildman–Crippen MR) is 178 cm³/mol. The van der Waals surface area contributed by atoms with Crippen LogP contribution in [-0.4, -0.2) is 52.7 Å². The Labute approximate surface area is 272 Å². The van der Waals surface area contributed by atoms with Crippen molar-refractivity contribution in [2.75, 3.05) is 19.6 Å². The molecule has 2 heterocycles. The average molecular weight is 629 g/mol. The molecule has 0 aromatic heterocycles. The number of rotatable bonds is 15. The number of carboxylic acids is 1. The number of hydrogen-bond donors (Lipinski definition) is 3. The van der Waals surface area contributed by atoms with Crippen molar-refractivity contribution in [3.8, 4) is 11.1 Å². The topological polar surface area (TPSA) is 108 Å². The number of hydrogen-bond acceptors (Lipinski definition) is 6. The molecule has 2 aliphatic rings. The van der Waals surface area contributed by atoms with E-state index in [0.717, 1.165) is 78.7 Å². The largest absolute Gasteiger partial charge is 0.481 e. The zero-order valence-corrected chi connectivity index (χ0v) is 26.7. The minimum Gasteiger partial charge on any atom is -0.481 e. The number of likely N-dealkylation sites (tertiary alicyclic amines) is 1. The van der Waals surface area contributed by atoms with Crippen molar-refractivity contribution < 1.29 is 29.3 Å². The third-order valence-electron chi connectivity index (χ3n) is 9.00. The van der Waals surface area contributed by atoms with Crippen LogP contribution >= 0.6 is 0 Å². The quantitative estimate of drug-likeness (QED) is 0.157. The first kappa shape index (κ1) is 33.8. The number of carbonyl (C=O) groups is 2. The van der Waals surface area contributed by atoms with Crippen LogP contribution in [0.1, 0.15) is 98.9 Å². The molecule has 46 heavy (non-hydrogen) atoms. The summed E-state index contributed by atoms with van der Waals surface area (Å²) >= 11 is 0. The lowest BCUT2D eigenvalue weighted by atomic mass is 9.98. The van der Waals surface area contributed by atoms with E-state index in [2.05, 4.69) is 58.7 Å². The van der Waals surface area contributed by atoms with E-state index in [1.54, 1.807) is 0 Å². The van der Waals surface area contributed by atoms with Crippen LogP contribution in [0.2, 0.25) is 0 Å². The second kappa shape index (κ2) is 17.4. The molecule has 0 saturated carbocycles. The third kappa shape index (κ3) is 10.2. The summed E-state index contributed by atoms with van der Waals surface area (Å²) in [6.45, 7) is 3.63. The zero-order valence-electron chi connectivity index (χ0n) is 26.7. The minimum absolute atomic E-state index is 0.0155. The molecule has 0 bridgehead atoms. The number of ether oxygens (including phenoxy) is 2. The molecule has 3 aromatic rings. The first-order chi connectivity index (χ1) is 22.5. The molecule has 5 rings (SSSR count). The van der Waals surface area contributed by atoms with Crippen molar-refractivity contribution in [1.29, 1.82) is 0 Å². The standard InChI is InChI=1S/C38H48N2O6/c41-27-28-13-15-31(16-14-28)35-24-34(26-40-21-6-3-7-22-40)45-38(46-35)32-19-17-30(18-20-32)33-10-8-9-29(23-33)25-39-36(42)11-4-1-2-5-12-37(43)44/h8-10,13-20,23,34-35,38,41H,1-7,11-12,21-22,24-27H2,(H,39,42)(H,43,44). The molecule has 3 unspecified atom stereocenters. The van der Waals surface area contributed by atoms with Crippen molar-refractivity contribution in [3.05, 3.63) is 95.1 Å². The molecule has 8 heteroatoms. The highest BCUT2D eigenvalue weighted by Gasteiger charge is 2.33. The lowest BCUT2D eigenvalue weighted by molar-refractivity contribution is -0.253. The molecule has 3 N–H and O–H groups in total. The fraction of sp³-hybridized carbons (Fsp3) is 0.474. The molecule has 3 atom stereocenters. The Morgan fingerprint density at radius 1 is 0.783 bits per heavy atom. The number of carbonyl (C=O) groups excluding carboxylic acids is 1. The highest BCUT2D eigenvalue weighted by molar-refractivity contribution is 5.76. The van der Waals surface area contributed by atoms with Crippen LogP contribution in [0.5, 0.6) is 0 Å². The summed E-state index contributed by atoms with van der Waals surface area (Å²) in [5.41, 5.74) is 6.16. The van der Waals surface area contributed by atoms with Gasteiger partial charge in [-0.2, -0.15) is 0 Å². The molecule has 1 amide bonds. The van der Waals surface area contributed by atoms with Gasteiger partial charge in [-0.15, -0.1) is 0 Å². The summed E-state index contributed by atoms with van der Waals surface area (Å²) < 4.78 is 13.1. The van der Waals surface area contributed by atoms with Gasteiger partial charge in [0.05, 0.1) is 18.8 Å². The van der Waals surface area contributed by atoms with Gasteiger partial charge in [-0.25, -0.2) is 0 Å². The van der Waals surface area contributed by atoms with Gasteiger partial charge in [0, 0.05) is 37.9 Å². The van der Waals surface area contributed by atoms with E-state index in [1.807, 2.05) is 24.3 Å². The zero-order chi connectivity index (χ0) is 32.1. The molecule has 0 aliphatic carbocycles. The highest BCUT2D eigenvalue weighted by Crippen LogP contribution is 2.39. The van der Waals surface area contributed by atoms with Crippen LogP contribution in [0, 0.1) is 0 Å². The average Bonchev–Trinajstić information content (AvgIpc) is 3.09. The van der Waals surface area contributed by atoms with E-state index in [0.29, 0.717) is 19.4 Å². The van der Waals surface area contributed by atoms with Crippen LogP contribution in [0.3, 0.4) is 0 Å². The molecule has 0 spiro atoms. The molecule has 2 saturated heterocycles. The highest BCUT2D eigenvalue weighted by atomic mass is 16.7. The Hall–Kier alpha value is -3.56. The van der Waals surface area contributed by atoms with E-state index < -0.39 is 12.3 Å². The summed E-state index contributed by atoms with van der Waals surface area (Å²) in [5, 5.41) is 21.2. The number of unbranched alkanes of at least 4 members (excludes halogenated alkanes) is 3. The monoisotopic (exact) mass is 628 g/mol. The summed E-state index contributed by atoms with van der Waals surface area (Å²) in [6.07, 6.45) is 7.83. The molecule has 246 valence electrons. The number of aliphatic carboxylic acids is 1. The fourth-order valence-corrected chi connectivity index (χ4v) is 6.36. The van der Waals surface area contributed by atoms with Crippen LogP contribution in [0.4, 0.5) is 0 Å². The first-order valence-corrected chi connectivity index (χ1v) is 16.9. The Morgan fingerprint density at radius 3 is 2.22 bits per heavy atom. The Bertz CT molecular complexity index is 1390. The van der Waals surface area contributed by atoms with Crippen molar-refractivity contribution in [1.82, 2.24) is 10.2 Å². The summed E-state index contributed by atoms with van der Waals surface area (Å²) in [7, 11) is 0. The molecule has 3 aromatic carbocycles. The predicted octanol–water partition coefficient (Wildman–Crippen LogP) is 6.92. The molecule has 2 aliphatic heterocycles. The van der Waals surface area contributed by atoms with Crippen LogP contribution < -0.4 is 5.32 Å².